The van der Waals surface area contributed by atoms with E-state index in [0.29, 0.717) is 11.3 Å². The highest BCUT2D eigenvalue weighted by molar-refractivity contribution is 6.46. The van der Waals surface area contributed by atoms with Gasteiger partial charge in [-0.1, -0.05) is 24.3 Å². The van der Waals surface area contributed by atoms with Crippen molar-refractivity contribution in [3.8, 4) is 0 Å². The first kappa shape index (κ1) is 20.0. The number of furan rings is 1. The van der Waals surface area contributed by atoms with E-state index in [1.165, 1.54) is 53.6 Å². The summed E-state index contributed by atoms with van der Waals surface area (Å²) in [6.07, 6.45) is 1.42. The van der Waals surface area contributed by atoms with Gasteiger partial charge in [-0.2, -0.15) is 0 Å². The molecule has 1 N–H and O–H groups in total. The Balaban J connectivity index is 1.87. The summed E-state index contributed by atoms with van der Waals surface area (Å²) in [5, 5.41) is 22.0. The number of aliphatic hydroxyl groups excluding tert-OH is 1. The van der Waals surface area contributed by atoms with Gasteiger partial charge in [0.2, 0.25) is 0 Å². The second kappa shape index (κ2) is 7.86. The molecule has 1 amide bonds. The Bertz CT molecular complexity index is 1200. The second-order valence-electron chi connectivity index (χ2n) is 6.87. The standard InChI is InChI=1S/C22H15FN2O6/c23-15-8-6-13(7-9-15)19-18(20(26)14-3-1-4-16(11-14)25(29)30)21(27)22(28)24(19)12-17-5-2-10-31-17/h1-11,19,26H,12H2/t19-/m0/s1. The van der Waals surface area contributed by atoms with Crippen LogP contribution in [-0.4, -0.2) is 26.6 Å². The third-order valence-electron chi connectivity index (χ3n) is 4.96. The topological polar surface area (TPSA) is 114 Å². The Morgan fingerprint density at radius 1 is 1.13 bits per heavy atom. The number of hydrogen-bond donors (Lipinski definition) is 1. The van der Waals surface area contributed by atoms with E-state index in [1.54, 1.807) is 12.1 Å². The van der Waals surface area contributed by atoms with Gasteiger partial charge in [-0.3, -0.25) is 19.7 Å². The number of ketones is 1. The predicted octanol–water partition coefficient (Wildman–Crippen LogP) is 3.95. The first-order valence-electron chi connectivity index (χ1n) is 9.18. The minimum absolute atomic E-state index is 0.0114. The molecule has 2 aromatic carbocycles. The maximum atomic E-state index is 13.5. The molecule has 1 aliphatic rings. The lowest BCUT2D eigenvalue weighted by atomic mass is 9.95. The fraction of sp³-hybridized carbons (Fsp3) is 0.0909. The zero-order valence-corrected chi connectivity index (χ0v) is 15.9. The van der Waals surface area contributed by atoms with Crippen LogP contribution in [0.2, 0.25) is 0 Å². The van der Waals surface area contributed by atoms with Crippen LogP contribution in [0.15, 0.2) is 76.9 Å². The number of carbonyl (C=O) groups is 2. The van der Waals surface area contributed by atoms with Gasteiger partial charge in [0.15, 0.2) is 0 Å². The van der Waals surface area contributed by atoms with Gasteiger partial charge in [0.1, 0.15) is 17.3 Å². The molecule has 156 valence electrons. The molecule has 0 spiro atoms. The fourth-order valence-electron chi connectivity index (χ4n) is 3.53. The van der Waals surface area contributed by atoms with E-state index < -0.39 is 34.2 Å². The molecule has 0 saturated carbocycles. The third-order valence-corrected chi connectivity index (χ3v) is 4.96. The minimum Gasteiger partial charge on any atom is -0.507 e. The molecule has 9 heteroatoms. The SMILES string of the molecule is O=C1C(=O)N(Cc2ccco2)[C@@H](c2ccc(F)cc2)C1=C(O)c1cccc([N+](=O)[O-])c1. The molecule has 31 heavy (non-hydrogen) atoms. The number of nitrogens with zero attached hydrogens (tertiary/aromatic N) is 2. The summed E-state index contributed by atoms with van der Waals surface area (Å²) >= 11 is 0. The zero-order chi connectivity index (χ0) is 22.1. The van der Waals surface area contributed by atoms with Gasteiger partial charge >= 0.3 is 0 Å². The van der Waals surface area contributed by atoms with E-state index in [-0.39, 0.29) is 23.4 Å². The van der Waals surface area contributed by atoms with Crippen LogP contribution in [0.25, 0.3) is 5.76 Å². The Morgan fingerprint density at radius 2 is 1.87 bits per heavy atom. The van der Waals surface area contributed by atoms with Crippen molar-refractivity contribution in [1.29, 1.82) is 0 Å². The van der Waals surface area contributed by atoms with Crippen molar-refractivity contribution >= 4 is 23.1 Å². The van der Waals surface area contributed by atoms with Crippen molar-refractivity contribution < 1.29 is 28.4 Å². The zero-order valence-electron chi connectivity index (χ0n) is 15.9. The van der Waals surface area contributed by atoms with Crippen LogP contribution in [0.1, 0.15) is 22.9 Å². The number of likely N-dealkylation sites (tertiary alicyclic amines) is 1. The Hall–Kier alpha value is -4.27. The molecule has 0 unspecified atom stereocenters. The van der Waals surface area contributed by atoms with E-state index in [0.717, 1.165) is 6.07 Å². The average Bonchev–Trinajstić information content (AvgIpc) is 3.36. The van der Waals surface area contributed by atoms with Gasteiger partial charge in [0, 0.05) is 17.7 Å². The van der Waals surface area contributed by atoms with Crippen LogP contribution in [0.3, 0.4) is 0 Å². The number of non-ortho nitro benzene ring substituents is 1. The van der Waals surface area contributed by atoms with Crippen LogP contribution in [0, 0.1) is 15.9 Å². The summed E-state index contributed by atoms with van der Waals surface area (Å²) in [5.74, 6) is -2.49. The molecule has 1 atom stereocenters. The maximum Gasteiger partial charge on any atom is 0.296 e. The molecule has 0 aliphatic carbocycles. The first-order chi connectivity index (χ1) is 14.9. The number of nitro groups is 1. The Morgan fingerprint density at radius 3 is 2.52 bits per heavy atom. The van der Waals surface area contributed by atoms with Crippen molar-refractivity contribution in [3.05, 3.63) is 105 Å². The van der Waals surface area contributed by atoms with Crippen molar-refractivity contribution in [2.75, 3.05) is 0 Å². The highest BCUT2D eigenvalue weighted by Gasteiger charge is 2.46. The molecule has 1 aromatic heterocycles. The Kier molecular flexibility index (Phi) is 5.08. The molecule has 1 fully saturated rings. The fourth-order valence-corrected chi connectivity index (χ4v) is 3.53. The molecule has 0 bridgehead atoms. The number of benzene rings is 2. The molecule has 1 saturated heterocycles. The number of halogens is 1. The molecule has 8 nitrogen and oxygen atoms in total. The van der Waals surface area contributed by atoms with E-state index in [9.17, 15) is 29.2 Å². The highest BCUT2D eigenvalue weighted by atomic mass is 19.1. The van der Waals surface area contributed by atoms with E-state index >= 15 is 0 Å². The average molecular weight is 422 g/mol. The van der Waals surface area contributed by atoms with Crippen molar-refractivity contribution in [2.24, 2.45) is 0 Å². The summed E-state index contributed by atoms with van der Waals surface area (Å²) in [5.41, 5.74) is -0.132. The summed E-state index contributed by atoms with van der Waals surface area (Å²) in [4.78, 5) is 37.4. The largest absolute Gasteiger partial charge is 0.507 e. The smallest absolute Gasteiger partial charge is 0.296 e. The van der Waals surface area contributed by atoms with Crippen molar-refractivity contribution in [1.82, 2.24) is 4.90 Å². The maximum absolute atomic E-state index is 13.5. The number of rotatable bonds is 5. The van der Waals surface area contributed by atoms with E-state index in [2.05, 4.69) is 0 Å². The molecular formula is C22H15FN2O6. The van der Waals surface area contributed by atoms with Gasteiger partial charge in [-0.15, -0.1) is 0 Å². The highest BCUT2D eigenvalue weighted by Crippen LogP contribution is 2.40. The van der Waals surface area contributed by atoms with Crippen LogP contribution in [0.4, 0.5) is 10.1 Å². The van der Waals surface area contributed by atoms with Crippen molar-refractivity contribution in [2.45, 2.75) is 12.6 Å². The lowest BCUT2D eigenvalue weighted by molar-refractivity contribution is -0.384. The van der Waals surface area contributed by atoms with Gasteiger partial charge in [-0.05, 0) is 29.8 Å². The van der Waals surface area contributed by atoms with Gasteiger partial charge < -0.3 is 14.4 Å². The van der Waals surface area contributed by atoms with Crippen LogP contribution < -0.4 is 0 Å². The normalized spacial score (nSPS) is 17.8. The molecule has 1 aliphatic heterocycles. The lowest BCUT2D eigenvalue weighted by Crippen LogP contribution is -2.29. The number of hydrogen-bond acceptors (Lipinski definition) is 6. The number of amides is 1. The molecule has 4 rings (SSSR count). The monoisotopic (exact) mass is 422 g/mol. The molecule has 0 radical (unpaired) electrons. The number of nitro benzene ring substituents is 1. The van der Waals surface area contributed by atoms with Crippen LogP contribution in [0.5, 0.6) is 0 Å². The number of Topliss-reactive ketones (excluding diaryl/α,β-unsaturated/α-hetero) is 1. The molecule has 2 heterocycles. The van der Waals surface area contributed by atoms with Crippen LogP contribution in [-0.2, 0) is 16.1 Å². The molecular weight excluding hydrogens is 407 g/mol. The second-order valence-corrected chi connectivity index (χ2v) is 6.87. The molecule has 3 aromatic rings. The summed E-state index contributed by atoms with van der Waals surface area (Å²) in [6.45, 7) is -0.0642. The van der Waals surface area contributed by atoms with Gasteiger partial charge in [0.05, 0.1) is 29.3 Å². The quantitative estimate of drug-likeness (QED) is 0.219. The summed E-state index contributed by atoms with van der Waals surface area (Å²) in [6, 6.07) is 12.5. The van der Waals surface area contributed by atoms with Crippen molar-refractivity contribution in [3.63, 3.8) is 0 Å². The van der Waals surface area contributed by atoms with E-state index in [4.69, 9.17) is 4.42 Å². The van der Waals surface area contributed by atoms with Gasteiger partial charge in [-0.25, -0.2) is 4.39 Å². The predicted molar refractivity (Wildman–Crippen MR) is 106 cm³/mol. The number of aliphatic hydroxyl groups is 1. The minimum atomic E-state index is -1.04. The van der Waals surface area contributed by atoms with E-state index in [1.807, 2.05) is 0 Å². The summed E-state index contributed by atoms with van der Waals surface area (Å²) in [7, 11) is 0. The Labute approximate surface area is 175 Å². The third kappa shape index (κ3) is 3.68. The first-order valence-corrected chi connectivity index (χ1v) is 9.18. The van der Waals surface area contributed by atoms with Gasteiger partial charge in [0.25, 0.3) is 17.4 Å². The van der Waals surface area contributed by atoms with Crippen LogP contribution >= 0.6 is 0 Å². The number of carbonyl (C=O) groups excluding carboxylic acids is 2. The lowest BCUT2D eigenvalue weighted by Gasteiger charge is -2.24. The summed E-state index contributed by atoms with van der Waals surface area (Å²) < 4.78 is 18.8.